The van der Waals surface area contributed by atoms with Gasteiger partial charge in [-0.15, -0.1) is 0 Å². The number of nitrogens with two attached hydrogens (primary N) is 1. The number of hydrogen-bond acceptors (Lipinski definition) is 2. The second-order valence-corrected chi connectivity index (χ2v) is 4.97. The number of benzene rings is 3. The van der Waals surface area contributed by atoms with Gasteiger partial charge in [-0.05, 0) is 41.1 Å². The standard InChI is InChI=1S/C18H13NO/c19-16-8-7-12-9-15(6-5-13(12)10-16)18-11-14-3-1-2-4-17(14)20-18/h1-11H,19H2. The largest absolute Gasteiger partial charge is 0.456 e. The molecule has 0 aliphatic carbocycles. The lowest BCUT2D eigenvalue weighted by atomic mass is 10.0. The third-order valence-electron chi connectivity index (χ3n) is 3.57. The molecule has 4 aromatic rings. The van der Waals surface area contributed by atoms with Gasteiger partial charge in [0.05, 0.1) is 0 Å². The monoisotopic (exact) mass is 259 g/mol. The van der Waals surface area contributed by atoms with Crippen molar-refractivity contribution in [3.05, 3.63) is 66.7 Å². The van der Waals surface area contributed by atoms with Crippen molar-refractivity contribution >= 4 is 27.4 Å². The van der Waals surface area contributed by atoms with Gasteiger partial charge in [0, 0.05) is 16.6 Å². The predicted octanol–water partition coefficient (Wildman–Crippen LogP) is 4.84. The molecule has 2 N–H and O–H groups in total. The van der Waals surface area contributed by atoms with Crippen LogP contribution in [-0.4, -0.2) is 0 Å². The van der Waals surface area contributed by atoms with Gasteiger partial charge in [-0.3, -0.25) is 0 Å². The van der Waals surface area contributed by atoms with Gasteiger partial charge in [0.15, 0.2) is 0 Å². The van der Waals surface area contributed by atoms with Crippen LogP contribution in [0.2, 0.25) is 0 Å². The maximum atomic E-state index is 5.90. The molecular weight excluding hydrogens is 246 g/mol. The maximum Gasteiger partial charge on any atom is 0.135 e. The molecule has 2 nitrogen and oxygen atoms in total. The van der Waals surface area contributed by atoms with Crippen molar-refractivity contribution < 1.29 is 4.42 Å². The minimum atomic E-state index is 0.786. The van der Waals surface area contributed by atoms with E-state index in [0.29, 0.717) is 0 Å². The van der Waals surface area contributed by atoms with Crippen molar-refractivity contribution in [3.8, 4) is 11.3 Å². The zero-order chi connectivity index (χ0) is 13.5. The van der Waals surface area contributed by atoms with Crippen molar-refractivity contribution in [1.29, 1.82) is 0 Å². The molecule has 96 valence electrons. The first-order chi connectivity index (χ1) is 9.79. The Morgan fingerprint density at radius 1 is 0.700 bits per heavy atom. The molecule has 0 fully saturated rings. The predicted molar refractivity (Wildman–Crippen MR) is 83.6 cm³/mol. The zero-order valence-electron chi connectivity index (χ0n) is 10.8. The van der Waals surface area contributed by atoms with Crippen molar-refractivity contribution in [2.75, 3.05) is 5.73 Å². The van der Waals surface area contributed by atoms with Crippen molar-refractivity contribution in [2.24, 2.45) is 0 Å². The van der Waals surface area contributed by atoms with Crippen LogP contribution >= 0.6 is 0 Å². The topological polar surface area (TPSA) is 39.2 Å². The Morgan fingerprint density at radius 3 is 2.40 bits per heavy atom. The first kappa shape index (κ1) is 11.1. The van der Waals surface area contributed by atoms with Gasteiger partial charge in [-0.2, -0.15) is 0 Å². The lowest BCUT2D eigenvalue weighted by Gasteiger charge is -2.02. The van der Waals surface area contributed by atoms with E-state index in [-0.39, 0.29) is 0 Å². The first-order valence-corrected chi connectivity index (χ1v) is 6.58. The molecule has 0 unspecified atom stereocenters. The van der Waals surface area contributed by atoms with Crippen molar-refractivity contribution in [1.82, 2.24) is 0 Å². The van der Waals surface area contributed by atoms with E-state index >= 15 is 0 Å². The SMILES string of the molecule is Nc1ccc2cc(-c3cc4ccccc4o3)ccc2c1. The minimum absolute atomic E-state index is 0.786. The lowest BCUT2D eigenvalue weighted by Crippen LogP contribution is -1.84. The highest BCUT2D eigenvalue weighted by Crippen LogP contribution is 2.30. The molecule has 0 aliphatic rings. The van der Waals surface area contributed by atoms with Crippen LogP contribution < -0.4 is 5.73 Å². The lowest BCUT2D eigenvalue weighted by molar-refractivity contribution is 0.631. The van der Waals surface area contributed by atoms with E-state index in [4.69, 9.17) is 10.2 Å². The van der Waals surface area contributed by atoms with Gasteiger partial charge >= 0.3 is 0 Å². The van der Waals surface area contributed by atoms with Gasteiger partial charge in [0.25, 0.3) is 0 Å². The Bertz CT molecular complexity index is 888. The van der Waals surface area contributed by atoms with Crippen molar-refractivity contribution in [2.45, 2.75) is 0 Å². The molecule has 1 heterocycles. The molecule has 0 atom stereocenters. The summed E-state index contributed by atoms with van der Waals surface area (Å²) in [7, 11) is 0. The molecule has 4 rings (SSSR count). The van der Waals surface area contributed by atoms with Gasteiger partial charge in [0.2, 0.25) is 0 Å². The van der Waals surface area contributed by atoms with Crippen LogP contribution in [0.3, 0.4) is 0 Å². The normalized spacial score (nSPS) is 11.2. The van der Waals surface area contributed by atoms with Gasteiger partial charge in [-0.1, -0.05) is 36.4 Å². The summed E-state index contributed by atoms with van der Waals surface area (Å²) >= 11 is 0. The summed E-state index contributed by atoms with van der Waals surface area (Å²) in [5.74, 6) is 0.893. The Kier molecular flexibility index (Phi) is 2.30. The molecular formula is C18H13NO. The van der Waals surface area contributed by atoms with E-state index < -0.39 is 0 Å². The summed E-state index contributed by atoms with van der Waals surface area (Å²) in [5.41, 5.74) is 8.59. The summed E-state index contributed by atoms with van der Waals surface area (Å²) < 4.78 is 5.90. The molecule has 0 saturated carbocycles. The number of hydrogen-bond donors (Lipinski definition) is 1. The first-order valence-electron chi connectivity index (χ1n) is 6.58. The van der Waals surface area contributed by atoms with E-state index in [1.165, 1.54) is 0 Å². The van der Waals surface area contributed by atoms with Crippen LogP contribution in [0.4, 0.5) is 5.69 Å². The van der Waals surface area contributed by atoms with Gasteiger partial charge < -0.3 is 10.2 Å². The minimum Gasteiger partial charge on any atom is -0.456 e. The molecule has 0 bridgehead atoms. The molecule has 0 spiro atoms. The fourth-order valence-corrected chi connectivity index (χ4v) is 2.54. The third kappa shape index (κ3) is 1.74. The average molecular weight is 259 g/mol. The number of fused-ring (bicyclic) bond motifs is 2. The highest BCUT2D eigenvalue weighted by atomic mass is 16.3. The number of anilines is 1. The highest BCUT2D eigenvalue weighted by Gasteiger charge is 2.06. The molecule has 20 heavy (non-hydrogen) atoms. The third-order valence-corrected chi connectivity index (χ3v) is 3.57. The summed E-state index contributed by atoms with van der Waals surface area (Å²) in [5, 5.41) is 3.43. The summed E-state index contributed by atoms with van der Waals surface area (Å²) in [6.07, 6.45) is 0. The Balaban J connectivity index is 1.90. The molecule has 0 saturated heterocycles. The molecule has 0 amide bonds. The molecule has 0 aliphatic heterocycles. The molecule has 1 aromatic heterocycles. The summed E-state index contributed by atoms with van der Waals surface area (Å²) in [4.78, 5) is 0. The van der Waals surface area contributed by atoms with Gasteiger partial charge in [0.1, 0.15) is 11.3 Å². The molecule has 2 heteroatoms. The van der Waals surface area contributed by atoms with E-state index in [1.807, 2.05) is 36.4 Å². The van der Waals surface area contributed by atoms with Crippen molar-refractivity contribution in [3.63, 3.8) is 0 Å². The van der Waals surface area contributed by atoms with Crippen LogP contribution in [0.25, 0.3) is 33.1 Å². The average Bonchev–Trinajstić information content (AvgIpc) is 2.90. The number of para-hydroxylation sites is 1. The molecule has 3 aromatic carbocycles. The quantitative estimate of drug-likeness (QED) is 0.497. The number of furan rings is 1. The fraction of sp³-hybridized carbons (Fsp3) is 0. The Hall–Kier alpha value is -2.74. The van der Waals surface area contributed by atoms with Crippen LogP contribution in [0.1, 0.15) is 0 Å². The summed E-state index contributed by atoms with van der Waals surface area (Å²) in [6.45, 7) is 0. The Labute approximate surface area is 116 Å². The number of rotatable bonds is 1. The van der Waals surface area contributed by atoms with Gasteiger partial charge in [-0.25, -0.2) is 0 Å². The van der Waals surface area contributed by atoms with E-state index in [0.717, 1.165) is 38.8 Å². The van der Waals surface area contributed by atoms with Crippen LogP contribution in [0, 0.1) is 0 Å². The van der Waals surface area contributed by atoms with E-state index in [2.05, 4.69) is 30.3 Å². The second-order valence-electron chi connectivity index (χ2n) is 4.97. The summed E-state index contributed by atoms with van der Waals surface area (Å²) in [6, 6.07) is 22.3. The van der Waals surface area contributed by atoms with E-state index in [9.17, 15) is 0 Å². The van der Waals surface area contributed by atoms with Crippen LogP contribution in [0.15, 0.2) is 71.1 Å². The van der Waals surface area contributed by atoms with Crippen LogP contribution in [-0.2, 0) is 0 Å². The fourth-order valence-electron chi connectivity index (χ4n) is 2.54. The Morgan fingerprint density at radius 2 is 1.50 bits per heavy atom. The highest BCUT2D eigenvalue weighted by molar-refractivity contribution is 5.90. The van der Waals surface area contributed by atoms with E-state index in [1.54, 1.807) is 0 Å². The zero-order valence-corrected chi connectivity index (χ0v) is 10.8. The smallest absolute Gasteiger partial charge is 0.135 e. The van der Waals surface area contributed by atoms with Crippen LogP contribution in [0.5, 0.6) is 0 Å². The second kappa shape index (κ2) is 4.14. The molecule has 0 radical (unpaired) electrons. The maximum absolute atomic E-state index is 5.90. The number of nitrogen functional groups attached to an aromatic ring is 1.